The number of nitrogens with one attached hydrogen (secondary N) is 1. The summed E-state index contributed by atoms with van der Waals surface area (Å²) in [4.78, 5) is 34.4. The molecule has 162 valence electrons. The van der Waals surface area contributed by atoms with Crippen molar-refractivity contribution in [2.75, 3.05) is 19.7 Å². The van der Waals surface area contributed by atoms with Gasteiger partial charge in [-0.3, -0.25) is 14.6 Å². The first-order valence-corrected chi connectivity index (χ1v) is 10.7. The Hall–Kier alpha value is -3.35. The van der Waals surface area contributed by atoms with E-state index in [9.17, 15) is 9.59 Å². The van der Waals surface area contributed by atoms with E-state index >= 15 is 0 Å². The number of piperidine rings is 1. The Morgan fingerprint density at radius 3 is 2.61 bits per heavy atom. The molecule has 0 unspecified atom stereocenters. The zero-order valence-corrected chi connectivity index (χ0v) is 17.8. The Labute approximate surface area is 181 Å². The highest BCUT2D eigenvalue weighted by atomic mass is 16.5. The molecule has 4 rings (SSSR count). The predicted octanol–water partition coefficient (Wildman–Crippen LogP) is 3.50. The number of hydrogen-bond donors (Lipinski definition) is 1. The topological polar surface area (TPSA) is 84.5 Å². The Balaban J connectivity index is 1.35. The van der Waals surface area contributed by atoms with Crippen molar-refractivity contribution in [1.29, 1.82) is 0 Å². The van der Waals surface area contributed by atoms with Gasteiger partial charge in [-0.15, -0.1) is 0 Å². The Morgan fingerprint density at radius 1 is 1.19 bits per heavy atom. The molecule has 1 amide bonds. The van der Waals surface area contributed by atoms with Gasteiger partial charge in [0.05, 0.1) is 17.5 Å². The lowest BCUT2D eigenvalue weighted by Crippen LogP contribution is -2.44. The van der Waals surface area contributed by atoms with Crippen LogP contribution in [-0.2, 0) is 4.79 Å². The van der Waals surface area contributed by atoms with Gasteiger partial charge in [-0.05, 0) is 69.2 Å². The molecule has 0 spiro atoms. The highest BCUT2D eigenvalue weighted by Crippen LogP contribution is 2.28. The van der Waals surface area contributed by atoms with Gasteiger partial charge < -0.3 is 19.4 Å². The van der Waals surface area contributed by atoms with E-state index in [2.05, 4.69) is 9.97 Å². The SMILES string of the molecule is CCOc1ccc(O[C@H](C)C(=O)N2CCC(c3cc4ncccc4c(=O)[nH]3)CC2)cc1. The van der Waals surface area contributed by atoms with Gasteiger partial charge in [0.15, 0.2) is 6.10 Å². The Kier molecular flexibility index (Phi) is 6.21. The first-order chi connectivity index (χ1) is 15.0. The van der Waals surface area contributed by atoms with E-state index in [4.69, 9.17) is 9.47 Å². The number of likely N-dealkylation sites (tertiary alicyclic amines) is 1. The third-order valence-electron chi connectivity index (χ3n) is 5.68. The van der Waals surface area contributed by atoms with Crippen LogP contribution in [0.25, 0.3) is 10.9 Å². The minimum absolute atomic E-state index is 0.0268. The van der Waals surface area contributed by atoms with Crippen LogP contribution in [0.3, 0.4) is 0 Å². The average Bonchev–Trinajstić information content (AvgIpc) is 2.80. The molecule has 1 aliphatic rings. The summed E-state index contributed by atoms with van der Waals surface area (Å²) in [5, 5.41) is 0.596. The largest absolute Gasteiger partial charge is 0.494 e. The molecule has 1 saturated heterocycles. The molecule has 7 nitrogen and oxygen atoms in total. The third kappa shape index (κ3) is 4.71. The molecular formula is C24H27N3O4. The number of aromatic nitrogens is 2. The minimum Gasteiger partial charge on any atom is -0.494 e. The first-order valence-electron chi connectivity index (χ1n) is 10.7. The van der Waals surface area contributed by atoms with Crippen molar-refractivity contribution in [3.05, 3.63) is 64.7 Å². The Morgan fingerprint density at radius 2 is 1.90 bits per heavy atom. The number of pyridine rings is 2. The molecule has 31 heavy (non-hydrogen) atoms. The van der Waals surface area contributed by atoms with Crippen LogP contribution in [-0.4, -0.2) is 46.6 Å². The number of fused-ring (bicyclic) bond motifs is 1. The molecule has 1 aromatic carbocycles. The lowest BCUT2D eigenvalue weighted by Gasteiger charge is -2.33. The molecule has 0 radical (unpaired) electrons. The van der Waals surface area contributed by atoms with Gasteiger partial charge in [-0.25, -0.2) is 0 Å². The van der Waals surface area contributed by atoms with E-state index in [1.165, 1.54) is 0 Å². The summed E-state index contributed by atoms with van der Waals surface area (Å²) in [7, 11) is 0. The van der Waals surface area contributed by atoms with E-state index in [-0.39, 0.29) is 17.4 Å². The van der Waals surface area contributed by atoms with Crippen LogP contribution in [0.2, 0.25) is 0 Å². The maximum Gasteiger partial charge on any atom is 0.263 e. The van der Waals surface area contributed by atoms with Crippen LogP contribution < -0.4 is 15.0 Å². The van der Waals surface area contributed by atoms with Crippen LogP contribution in [0.1, 0.15) is 38.3 Å². The second kappa shape index (κ2) is 9.20. The summed E-state index contributed by atoms with van der Waals surface area (Å²) in [5.74, 6) is 1.59. The van der Waals surface area contributed by atoms with Gasteiger partial charge in [0.1, 0.15) is 11.5 Å². The van der Waals surface area contributed by atoms with E-state index in [1.807, 2.05) is 42.2 Å². The fraction of sp³-hybridized carbons (Fsp3) is 0.375. The quantitative estimate of drug-likeness (QED) is 0.659. The second-order valence-corrected chi connectivity index (χ2v) is 7.75. The van der Waals surface area contributed by atoms with Crippen LogP contribution >= 0.6 is 0 Å². The maximum absolute atomic E-state index is 12.9. The minimum atomic E-state index is -0.570. The standard InChI is InChI=1S/C24H27N3O4/c1-3-30-18-6-8-19(9-7-18)31-16(2)24(29)27-13-10-17(11-14-27)21-15-22-20(23(28)26-21)5-4-12-25-22/h4-9,12,15-17H,3,10-11,13-14H2,1-2H3,(H,26,28)/t16-/m1/s1. The van der Waals surface area contributed by atoms with Crippen molar-refractivity contribution in [2.24, 2.45) is 0 Å². The van der Waals surface area contributed by atoms with Gasteiger partial charge in [-0.1, -0.05) is 0 Å². The van der Waals surface area contributed by atoms with E-state index < -0.39 is 6.10 Å². The number of carbonyl (C=O) groups is 1. The molecule has 1 aliphatic heterocycles. The molecule has 0 bridgehead atoms. The van der Waals surface area contributed by atoms with E-state index in [0.717, 1.165) is 24.3 Å². The summed E-state index contributed by atoms with van der Waals surface area (Å²) >= 11 is 0. The number of amides is 1. The predicted molar refractivity (Wildman–Crippen MR) is 119 cm³/mol. The van der Waals surface area contributed by atoms with Crippen molar-refractivity contribution in [2.45, 2.75) is 38.7 Å². The number of carbonyl (C=O) groups excluding carboxylic acids is 1. The molecule has 1 N–H and O–H groups in total. The zero-order chi connectivity index (χ0) is 21.8. The number of ether oxygens (including phenoxy) is 2. The molecule has 0 aliphatic carbocycles. The molecule has 1 atom stereocenters. The van der Waals surface area contributed by atoms with Gasteiger partial charge >= 0.3 is 0 Å². The monoisotopic (exact) mass is 421 g/mol. The van der Waals surface area contributed by atoms with Crippen LogP contribution in [0, 0.1) is 0 Å². The van der Waals surface area contributed by atoms with Crippen molar-refractivity contribution in [3.8, 4) is 11.5 Å². The van der Waals surface area contributed by atoms with Crippen molar-refractivity contribution in [3.63, 3.8) is 0 Å². The maximum atomic E-state index is 12.9. The fourth-order valence-electron chi connectivity index (χ4n) is 4.03. The normalized spacial score (nSPS) is 15.6. The summed E-state index contributed by atoms with van der Waals surface area (Å²) in [6.45, 7) is 5.57. The fourth-order valence-corrected chi connectivity index (χ4v) is 4.03. The molecule has 1 fully saturated rings. The van der Waals surface area contributed by atoms with Gasteiger partial charge in [0.2, 0.25) is 0 Å². The van der Waals surface area contributed by atoms with Crippen molar-refractivity contribution in [1.82, 2.24) is 14.9 Å². The van der Waals surface area contributed by atoms with Gasteiger partial charge in [-0.2, -0.15) is 0 Å². The molecular weight excluding hydrogens is 394 g/mol. The number of benzene rings is 1. The Bertz CT molecular complexity index is 1100. The lowest BCUT2D eigenvalue weighted by atomic mass is 9.92. The number of rotatable bonds is 6. The van der Waals surface area contributed by atoms with Gasteiger partial charge in [0, 0.05) is 30.9 Å². The van der Waals surface area contributed by atoms with Crippen LogP contribution in [0.5, 0.6) is 11.5 Å². The average molecular weight is 421 g/mol. The number of nitrogens with zero attached hydrogens (tertiary/aromatic N) is 2. The number of aromatic amines is 1. The molecule has 2 aromatic heterocycles. The lowest BCUT2D eigenvalue weighted by molar-refractivity contribution is -0.139. The van der Waals surface area contributed by atoms with E-state index in [0.29, 0.717) is 36.3 Å². The zero-order valence-electron chi connectivity index (χ0n) is 17.8. The molecule has 3 aromatic rings. The molecule has 0 saturated carbocycles. The highest BCUT2D eigenvalue weighted by Gasteiger charge is 2.28. The number of H-pyrrole nitrogens is 1. The second-order valence-electron chi connectivity index (χ2n) is 7.75. The summed E-state index contributed by atoms with van der Waals surface area (Å²) in [5.41, 5.74) is 1.48. The smallest absolute Gasteiger partial charge is 0.263 e. The van der Waals surface area contributed by atoms with Crippen LogP contribution in [0.4, 0.5) is 0 Å². The summed E-state index contributed by atoms with van der Waals surface area (Å²) < 4.78 is 11.3. The highest BCUT2D eigenvalue weighted by molar-refractivity contribution is 5.81. The molecule has 7 heteroatoms. The summed E-state index contributed by atoms with van der Waals surface area (Å²) in [6, 6.07) is 12.8. The van der Waals surface area contributed by atoms with E-state index in [1.54, 1.807) is 25.3 Å². The van der Waals surface area contributed by atoms with Crippen molar-refractivity contribution < 1.29 is 14.3 Å². The van der Waals surface area contributed by atoms with Crippen LogP contribution in [0.15, 0.2) is 53.5 Å². The molecule has 3 heterocycles. The first kappa shape index (κ1) is 20.9. The van der Waals surface area contributed by atoms with Crippen molar-refractivity contribution >= 4 is 16.8 Å². The van der Waals surface area contributed by atoms with Gasteiger partial charge in [0.25, 0.3) is 11.5 Å². The third-order valence-corrected chi connectivity index (χ3v) is 5.68. The summed E-state index contributed by atoms with van der Waals surface area (Å²) in [6.07, 6.45) is 2.70. The number of hydrogen-bond acceptors (Lipinski definition) is 5.